The average Bonchev–Trinajstić information content (AvgIpc) is 4.00. The molecule has 3 aliphatic heterocycles. The van der Waals surface area contributed by atoms with Crippen molar-refractivity contribution in [2.75, 3.05) is 19.7 Å². The topological polar surface area (TPSA) is 158 Å². The number of rotatable bonds is 13. The third-order valence-corrected chi connectivity index (χ3v) is 14.7. The molecule has 1 aromatic heterocycles. The first kappa shape index (κ1) is 42.0. The predicted octanol–water partition coefficient (Wildman–Crippen LogP) is 7.87. The van der Waals surface area contributed by atoms with Gasteiger partial charge in [-0.1, -0.05) is 74.4 Å². The number of alkyl halides is 1. The Morgan fingerprint density at radius 2 is 1.71 bits per heavy atom. The van der Waals surface area contributed by atoms with Gasteiger partial charge in [-0.05, 0) is 85.9 Å². The number of thiophene rings is 1. The lowest BCUT2D eigenvalue weighted by Crippen LogP contribution is -2.56. The normalized spacial score (nSPS) is 23.9. The highest BCUT2D eigenvalue weighted by Gasteiger charge is 2.47. The van der Waals surface area contributed by atoms with Gasteiger partial charge in [0.15, 0.2) is 0 Å². The maximum Gasteiger partial charge on any atom is 0.355 e. The lowest BCUT2D eigenvalue weighted by Gasteiger charge is -2.36. The molecule has 0 saturated carbocycles. The molecular weight excluding hydrogens is 793 g/mol. The summed E-state index contributed by atoms with van der Waals surface area (Å²) in [6.07, 6.45) is 4.57. The van der Waals surface area contributed by atoms with Crippen LogP contribution in [0.25, 0.3) is 10.1 Å². The van der Waals surface area contributed by atoms with Crippen LogP contribution < -0.4 is 14.9 Å². The fourth-order valence-corrected chi connectivity index (χ4v) is 11.3. The highest BCUT2D eigenvalue weighted by Crippen LogP contribution is 2.58. The minimum atomic E-state index is -4.45. The fraction of sp³-hybridized carbons (Fsp3) is 0.432. The number of nitrogens with one attached hydrogen (secondary N) is 2. The standard InChI is InChI=1S/C44H49FN5O7PS/c1-3-22-56-44(54)28(2)48-58(55,57-34-15-8-5-9-16-34)40(45)30-18-21-38-31(23-30)24-39(59-38)41(51)47-36-17-11-10-14-33-19-20-37(50(33)42(36)52)43(53)49-26-32(25-46)35(27-49)29-12-6-4-7-13-29/h4-9,12-13,15-16,18,21,23-24,28,32-33,35-37,40H,3,10-11,14,17,19-20,22,26-27H2,1-2H3,(H,47,51)(H,48,55)/t28-,32+,33-,35-,36-,37-,40+,58?/m0/s1. The van der Waals surface area contributed by atoms with Crippen molar-refractivity contribution in [1.82, 2.24) is 20.2 Å². The molecule has 3 aromatic carbocycles. The number of benzene rings is 3. The SMILES string of the molecule is CCCOC(=O)[C@H](C)NP(=O)(Oc1ccccc1)[C@@H](F)c1ccc2sc(C(=O)N[C@H]3CCCC[C@H]4CC[C@@H](C(=O)N5C[C@@H](C#N)[C@H](c6ccccc6)C5)N4C3=O)cc2c1. The maximum absolute atomic E-state index is 16.5. The molecule has 15 heteroatoms. The molecule has 0 aliphatic carbocycles. The molecule has 1 unspecified atom stereocenters. The van der Waals surface area contributed by atoms with Gasteiger partial charge in [0, 0.05) is 29.7 Å². The molecule has 12 nitrogen and oxygen atoms in total. The number of nitrogens with zero attached hydrogens (tertiary/aromatic N) is 3. The summed E-state index contributed by atoms with van der Waals surface area (Å²) < 4.78 is 42.4. The van der Waals surface area contributed by atoms with Crippen LogP contribution in [0.3, 0.4) is 0 Å². The summed E-state index contributed by atoms with van der Waals surface area (Å²) in [6, 6.07) is 23.7. The van der Waals surface area contributed by atoms with Gasteiger partial charge >= 0.3 is 13.5 Å². The molecule has 4 heterocycles. The van der Waals surface area contributed by atoms with Crippen molar-refractivity contribution in [2.45, 2.75) is 94.8 Å². The van der Waals surface area contributed by atoms with Crippen molar-refractivity contribution in [3.63, 3.8) is 0 Å². The van der Waals surface area contributed by atoms with Crippen LogP contribution in [0.2, 0.25) is 0 Å². The van der Waals surface area contributed by atoms with Crippen LogP contribution in [0.4, 0.5) is 4.39 Å². The number of para-hydroxylation sites is 1. The van der Waals surface area contributed by atoms with E-state index in [1.54, 1.807) is 40.1 Å². The fourth-order valence-electron chi connectivity index (χ4n) is 8.45. The van der Waals surface area contributed by atoms with Gasteiger partial charge in [0.05, 0.1) is 23.5 Å². The van der Waals surface area contributed by atoms with E-state index in [9.17, 15) is 29.0 Å². The van der Waals surface area contributed by atoms with Crippen LogP contribution in [0.5, 0.6) is 5.75 Å². The van der Waals surface area contributed by atoms with Crippen molar-refractivity contribution >= 4 is 52.6 Å². The number of fused-ring (bicyclic) bond motifs is 2. The summed E-state index contributed by atoms with van der Waals surface area (Å²) >= 11 is 1.18. The van der Waals surface area contributed by atoms with E-state index in [2.05, 4.69) is 16.5 Å². The zero-order valence-corrected chi connectivity index (χ0v) is 34.8. The van der Waals surface area contributed by atoms with E-state index in [1.807, 2.05) is 37.3 Å². The van der Waals surface area contributed by atoms with Crippen LogP contribution >= 0.6 is 18.9 Å². The molecule has 2 N–H and O–H groups in total. The highest BCUT2D eigenvalue weighted by atomic mass is 32.1. The Hall–Kier alpha value is -5.09. The van der Waals surface area contributed by atoms with Gasteiger partial charge in [-0.15, -0.1) is 11.3 Å². The van der Waals surface area contributed by atoms with Crippen molar-refractivity contribution in [3.05, 3.63) is 101 Å². The van der Waals surface area contributed by atoms with Crippen LogP contribution in [0.15, 0.2) is 84.9 Å². The third-order valence-electron chi connectivity index (χ3n) is 11.4. The number of nitriles is 1. The summed E-state index contributed by atoms with van der Waals surface area (Å²) in [7, 11) is -4.45. The molecule has 7 rings (SSSR count). The van der Waals surface area contributed by atoms with Gasteiger partial charge in [-0.3, -0.25) is 23.7 Å². The van der Waals surface area contributed by atoms with Gasteiger partial charge < -0.3 is 24.4 Å². The molecule has 310 valence electrons. The quantitative estimate of drug-likeness (QED) is 0.101. The zero-order valence-electron chi connectivity index (χ0n) is 33.1. The summed E-state index contributed by atoms with van der Waals surface area (Å²) in [5.41, 5.74) is 1.03. The van der Waals surface area contributed by atoms with E-state index >= 15 is 4.39 Å². The number of ether oxygens (including phenoxy) is 1. The summed E-state index contributed by atoms with van der Waals surface area (Å²) in [5, 5.41) is 16.0. The molecule has 3 fully saturated rings. The first-order valence-corrected chi connectivity index (χ1v) is 22.8. The number of hydrogen-bond acceptors (Lipinski definition) is 9. The third kappa shape index (κ3) is 9.23. The number of esters is 1. The Morgan fingerprint density at radius 3 is 2.44 bits per heavy atom. The molecule has 3 saturated heterocycles. The number of likely N-dealkylation sites (tertiary alicyclic amines) is 1. The van der Waals surface area contributed by atoms with Crippen molar-refractivity contribution in [2.24, 2.45) is 5.92 Å². The Balaban J connectivity index is 1.07. The van der Waals surface area contributed by atoms with Crippen molar-refractivity contribution in [3.8, 4) is 11.8 Å². The summed E-state index contributed by atoms with van der Waals surface area (Å²) in [5.74, 6) is -4.11. The minimum Gasteiger partial charge on any atom is -0.465 e. The molecule has 0 spiro atoms. The maximum atomic E-state index is 16.5. The Labute approximate surface area is 347 Å². The second-order valence-electron chi connectivity index (χ2n) is 15.6. The number of amides is 3. The van der Waals surface area contributed by atoms with Gasteiger partial charge in [0.2, 0.25) is 17.7 Å². The number of halogens is 1. The van der Waals surface area contributed by atoms with E-state index in [0.29, 0.717) is 53.7 Å². The molecule has 59 heavy (non-hydrogen) atoms. The zero-order chi connectivity index (χ0) is 41.7. The predicted molar refractivity (Wildman–Crippen MR) is 222 cm³/mol. The van der Waals surface area contributed by atoms with E-state index in [4.69, 9.17) is 9.26 Å². The van der Waals surface area contributed by atoms with Gasteiger partial charge in [-0.2, -0.15) is 5.26 Å². The molecule has 3 amide bonds. The molecule has 8 atom stereocenters. The van der Waals surface area contributed by atoms with Crippen LogP contribution in [-0.2, 0) is 23.7 Å². The van der Waals surface area contributed by atoms with Crippen LogP contribution in [0, 0.1) is 17.2 Å². The minimum absolute atomic E-state index is 0.0170. The highest BCUT2D eigenvalue weighted by molar-refractivity contribution is 7.57. The summed E-state index contributed by atoms with van der Waals surface area (Å²) in [6.45, 7) is 4.13. The molecule has 0 radical (unpaired) electrons. The van der Waals surface area contributed by atoms with Crippen molar-refractivity contribution in [1.29, 1.82) is 5.26 Å². The second-order valence-corrected chi connectivity index (χ2v) is 18.7. The molecule has 4 aromatic rings. The second kappa shape index (κ2) is 18.4. The Morgan fingerprint density at radius 1 is 0.983 bits per heavy atom. The Bertz CT molecular complexity index is 2250. The number of carbonyl (C=O) groups excluding carboxylic acids is 4. The van der Waals surface area contributed by atoms with E-state index in [-0.39, 0.29) is 47.6 Å². The van der Waals surface area contributed by atoms with Gasteiger partial charge in [0.1, 0.15) is 23.9 Å². The van der Waals surface area contributed by atoms with Gasteiger partial charge in [-0.25, -0.2) is 9.48 Å². The van der Waals surface area contributed by atoms with Crippen molar-refractivity contribution < 1.29 is 37.4 Å². The number of hydrogen-bond donors (Lipinski definition) is 2. The van der Waals surface area contributed by atoms with Crippen LogP contribution in [-0.4, -0.2) is 77.4 Å². The molecular formula is C44H49FN5O7PS. The van der Waals surface area contributed by atoms with E-state index < -0.39 is 43.4 Å². The Kier molecular flexibility index (Phi) is 13.1. The molecule has 0 bridgehead atoms. The average molecular weight is 842 g/mol. The van der Waals surface area contributed by atoms with Gasteiger partial charge in [0.25, 0.3) is 5.91 Å². The van der Waals surface area contributed by atoms with E-state index in [0.717, 1.165) is 24.8 Å². The lowest BCUT2D eigenvalue weighted by molar-refractivity contribution is -0.146. The number of carbonyl (C=O) groups is 4. The lowest BCUT2D eigenvalue weighted by atomic mass is 9.90. The largest absolute Gasteiger partial charge is 0.465 e. The first-order chi connectivity index (χ1) is 28.5. The van der Waals surface area contributed by atoms with E-state index in [1.165, 1.54) is 42.5 Å². The molecule has 3 aliphatic rings. The summed E-state index contributed by atoms with van der Waals surface area (Å²) in [4.78, 5) is 58.7. The van der Waals surface area contributed by atoms with Crippen LogP contribution in [0.1, 0.15) is 91.4 Å². The first-order valence-electron chi connectivity index (χ1n) is 20.3. The smallest absolute Gasteiger partial charge is 0.355 e. The monoisotopic (exact) mass is 841 g/mol.